The topological polar surface area (TPSA) is 76.1 Å². The molecule has 1 unspecified atom stereocenters. The minimum atomic E-state index is -0.823. The number of aryl methyl sites for hydroxylation is 2. The summed E-state index contributed by atoms with van der Waals surface area (Å²) >= 11 is 0. The van der Waals surface area contributed by atoms with Gasteiger partial charge in [-0.25, -0.2) is 9.59 Å². The molecule has 0 fully saturated rings. The van der Waals surface area contributed by atoms with Crippen molar-refractivity contribution >= 4 is 39.7 Å². The predicted octanol–water partition coefficient (Wildman–Crippen LogP) is 8.09. The molecule has 6 rings (SSSR count). The summed E-state index contributed by atoms with van der Waals surface area (Å²) in [5.41, 5.74) is 3.90. The third-order valence-corrected chi connectivity index (χ3v) is 7.45. The third-order valence-electron chi connectivity index (χ3n) is 7.45. The number of phenolic OH excluding ortho intramolecular Hbond substituents is 1. The van der Waals surface area contributed by atoms with Crippen molar-refractivity contribution in [3.8, 4) is 5.75 Å². The summed E-state index contributed by atoms with van der Waals surface area (Å²) in [5, 5.41) is 14.9. The molecule has 4 aromatic rings. The van der Waals surface area contributed by atoms with Crippen LogP contribution in [0.15, 0.2) is 72.9 Å². The van der Waals surface area contributed by atoms with Crippen molar-refractivity contribution in [1.29, 1.82) is 0 Å². The number of carbonyl (C=O) groups excluding carboxylic acids is 2. The maximum Gasteiger partial charge on any atom is 0.415 e. The Balaban J connectivity index is 0.000000166. The van der Waals surface area contributed by atoms with E-state index in [1.165, 1.54) is 46.1 Å². The minimum Gasteiger partial charge on any atom is -0.507 e. The first-order valence-electron chi connectivity index (χ1n) is 14.3. The van der Waals surface area contributed by atoms with Crippen LogP contribution in [0.4, 0.5) is 4.79 Å². The summed E-state index contributed by atoms with van der Waals surface area (Å²) in [7, 11) is 0. The van der Waals surface area contributed by atoms with Crippen molar-refractivity contribution < 1.29 is 24.2 Å². The van der Waals surface area contributed by atoms with Gasteiger partial charge in [-0.15, -0.1) is 0 Å². The van der Waals surface area contributed by atoms with E-state index < -0.39 is 23.7 Å². The van der Waals surface area contributed by atoms with Crippen molar-refractivity contribution in [2.24, 2.45) is 0 Å². The van der Waals surface area contributed by atoms with Gasteiger partial charge in [0.2, 0.25) is 0 Å². The average Bonchev–Trinajstić information content (AvgIpc) is 2.96. The molecule has 1 atom stereocenters. The van der Waals surface area contributed by atoms with Crippen LogP contribution in [0.3, 0.4) is 0 Å². The smallest absolute Gasteiger partial charge is 0.415 e. The molecule has 41 heavy (non-hydrogen) atoms. The average molecular weight is 552 g/mol. The Morgan fingerprint density at radius 1 is 0.902 bits per heavy atom. The number of benzene rings is 4. The van der Waals surface area contributed by atoms with Crippen LogP contribution >= 0.6 is 0 Å². The summed E-state index contributed by atoms with van der Waals surface area (Å²) < 4.78 is 10.5. The van der Waals surface area contributed by atoms with Gasteiger partial charge in [0.1, 0.15) is 11.4 Å². The van der Waals surface area contributed by atoms with E-state index in [0.29, 0.717) is 5.75 Å². The zero-order valence-electron chi connectivity index (χ0n) is 24.1. The van der Waals surface area contributed by atoms with Gasteiger partial charge in [0.05, 0.1) is 6.61 Å². The Kier molecular flexibility index (Phi) is 8.02. The third kappa shape index (κ3) is 5.92. The largest absolute Gasteiger partial charge is 0.507 e. The molecule has 0 aromatic heterocycles. The highest BCUT2D eigenvalue weighted by atomic mass is 16.6. The quantitative estimate of drug-likeness (QED) is 0.201. The molecule has 0 bridgehead atoms. The van der Waals surface area contributed by atoms with E-state index in [2.05, 4.69) is 18.2 Å². The molecule has 6 heteroatoms. The molecule has 1 aliphatic carbocycles. The first kappa shape index (κ1) is 28.2. The molecule has 1 heterocycles. The Bertz CT molecular complexity index is 1630. The molecule has 212 valence electrons. The fourth-order valence-electron chi connectivity index (χ4n) is 5.66. The fraction of sp³-hybridized carbons (Fsp3) is 0.314. The second-order valence-corrected chi connectivity index (χ2v) is 11.4. The molecule has 1 amide bonds. The molecule has 6 nitrogen and oxygen atoms in total. The van der Waals surface area contributed by atoms with Crippen LogP contribution < -0.4 is 0 Å². The van der Waals surface area contributed by atoms with Gasteiger partial charge in [-0.05, 0) is 104 Å². The summed E-state index contributed by atoms with van der Waals surface area (Å²) in [6, 6.07) is 21.2. The van der Waals surface area contributed by atoms with Crippen LogP contribution in [0.1, 0.15) is 68.8 Å². The van der Waals surface area contributed by atoms with Gasteiger partial charge in [0.15, 0.2) is 6.04 Å². The zero-order valence-corrected chi connectivity index (χ0v) is 24.1. The SMILES string of the molecule is CCOC(=O)C1c2ccccc2C=CN1C(=O)OC(C)(C)C.Oc1cc2c3c(ccc2c2ccccc12)CCCC3. The van der Waals surface area contributed by atoms with Gasteiger partial charge >= 0.3 is 12.1 Å². The molecule has 0 radical (unpaired) electrons. The van der Waals surface area contributed by atoms with Gasteiger partial charge in [-0.2, -0.15) is 0 Å². The summed E-state index contributed by atoms with van der Waals surface area (Å²) in [6.45, 7) is 7.34. The van der Waals surface area contributed by atoms with Gasteiger partial charge in [-0.3, -0.25) is 4.90 Å². The van der Waals surface area contributed by atoms with Crippen molar-refractivity contribution in [3.05, 3.63) is 95.2 Å². The van der Waals surface area contributed by atoms with E-state index in [0.717, 1.165) is 28.3 Å². The molecule has 2 aliphatic rings. The number of carbonyl (C=O) groups is 2. The van der Waals surface area contributed by atoms with E-state index >= 15 is 0 Å². The highest BCUT2D eigenvalue weighted by molar-refractivity contribution is 6.11. The fourth-order valence-corrected chi connectivity index (χ4v) is 5.66. The first-order valence-corrected chi connectivity index (χ1v) is 14.3. The van der Waals surface area contributed by atoms with Crippen molar-refractivity contribution in [2.75, 3.05) is 6.61 Å². The molecule has 1 aliphatic heterocycles. The first-order chi connectivity index (χ1) is 19.7. The normalized spacial score (nSPS) is 15.9. The van der Waals surface area contributed by atoms with Crippen LogP contribution in [0.5, 0.6) is 5.75 Å². The molecular formula is C35H37NO5. The lowest BCUT2D eigenvalue weighted by Gasteiger charge is -2.33. The number of amides is 1. The van der Waals surface area contributed by atoms with E-state index in [9.17, 15) is 14.7 Å². The monoisotopic (exact) mass is 551 g/mol. The number of hydrogen-bond donors (Lipinski definition) is 1. The van der Waals surface area contributed by atoms with Gasteiger partial charge in [0.25, 0.3) is 0 Å². The maximum atomic E-state index is 12.4. The van der Waals surface area contributed by atoms with E-state index in [1.807, 2.05) is 48.5 Å². The molecule has 0 spiro atoms. The van der Waals surface area contributed by atoms with Crippen molar-refractivity contribution in [1.82, 2.24) is 4.90 Å². The second-order valence-electron chi connectivity index (χ2n) is 11.4. The number of aromatic hydroxyl groups is 1. The van der Waals surface area contributed by atoms with Crippen LogP contribution in [0.25, 0.3) is 27.6 Å². The van der Waals surface area contributed by atoms with Gasteiger partial charge in [0, 0.05) is 11.6 Å². The van der Waals surface area contributed by atoms with Crippen LogP contribution in [-0.4, -0.2) is 34.3 Å². The Morgan fingerprint density at radius 2 is 1.59 bits per heavy atom. The lowest BCUT2D eigenvalue weighted by Crippen LogP contribution is -2.41. The number of ether oxygens (including phenoxy) is 2. The van der Waals surface area contributed by atoms with E-state index in [-0.39, 0.29) is 6.61 Å². The summed E-state index contributed by atoms with van der Waals surface area (Å²) in [4.78, 5) is 26.0. The number of fused-ring (bicyclic) bond motifs is 6. The van der Waals surface area contributed by atoms with Crippen LogP contribution in [-0.2, 0) is 27.1 Å². The maximum absolute atomic E-state index is 12.4. The Hall–Kier alpha value is -4.32. The summed E-state index contributed by atoms with van der Waals surface area (Å²) in [5.74, 6) is -0.0627. The second kappa shape index (κ2) is 11.7. The number of hydrogen-bond acceptors (Lipinski definition) is 5. The molecule has 0 saturated carbocycles. The highest BCUT2D eigenvalue weighted by Crippen LogP contribution is 2.37. The van der Waals surface area contributed by atoms with Gasteiger partial charge < -0.3 is 14.6 Å². The van der Waals surface area contributed by atoms with Crippen molar-refractivity contribution in [2.45, 2.75) is 65.0 Å². The van der Waals surface area contributed by atoms with Crippen LogP contribution in [0, 0.1) is 0 Å². The molecule has 1 N–H and O–H groups in total. The Labute approximate surface area is 241 Å². The zero-order chi connectivity index (χ0) is 29.1. The molecule has 0 saturated heterocycles. The number of esters is 1. The standard InChI is InChI=1S/C18H16O.C17H21NO4/c19-18-11-17-13-6-2-1-5-12(13)9-10-15(17)14-7-3-4-8-16(14)18;1-5-21-15(19)14-13-9-7-6-8-12(13)10-11-18(14)16(20)22-17(2,3)4/h3-4,7-11,19H,1-2,5-6H2;6-11,14H,5H2,1-4H3. The number of rotatable bonds is 2. The van der Waals surface area contributed by atoms with Crippen molar-refractivity contribution in [3.63, 3.8) is 0 Å². The Morgan fingerprint density at radius 3 is 2.34 bits per heavy atom. The van der Waals surface area contributed by atoms with E-state index in [4.69, 9.17) is 9.47 Å². The van der Waals surface area contributed by atoms with Gasteiger partial charge in [-0.1, -0.05) is 60.7 Å². The predicted molar refractivity (Wildman–Crippen MR) is 163 cm³/mol. The number of phenols is 1. The van der Waals surface area contributed by atoms with E-state index in [1.54, 1.807) is 40.0 Å². The number of nitrogens with zero attached hydrogens (tertiary/aromatic N) is 1. The highest BCUT2D eigenvalue weighted by Gasteiger charge is 2.37. The lowest BCUT2D eigenvalue weighted by molar-refractivity contribution is -0.148. The molecule has 4 aromatic carbocycles. The minimum absolute atomic E-state index is 0.253. The lowest BCUT2D eigenvalue weighted by atomic mass is 9.86. The summed E-state index contributed by atoms with van der Waals surface area (Å²) in [6.07, 6.45) is 7.66. The molecular weight excluding hydrogens is 514 g/mol. The van der Waals surface area contributed by atoms with Crippen LogP contribution in [0.2, 0.25) is 0 Å².